The van der Waals surface area contributed by atoms with Crippen LogP contribution >= 0.6 is 0 Å². The predicted molar refractivity (Wildman–Crippen MR) is 120 cm³/mol. The summed E-state index contributed by atoms with van der Waals surface area (Å²) in [6.45, 7) is 7.55. The summed E-state index contributed by atoms with van der Waals surface area (Å²) in [4.78, 5) is 26.3. The van der Waals surface area contributed by atoms with Crippen LogP contribution < -0.4 is 10.2 Å². The third kappa shape index (κ3) is 4.29. The second-order valence-electron chi connectivity index (χ2n) is 8.22. The van der Waals surface area contributed by atoms with Gasteiger partial charge in [-0.25, -0.2) is 0 Å². The molecule has 1 aliphatic rings. The Balaban J connectivity index is 1.66. The first-order valence-corrected chi connectivity index (χ1v) is 10.5. The van der Waals surface area contributed by atoms with Gasteiger partial charge in [0.05, 0.1) is 21.9 Å². The highest BCUT2D eigenvalue weighted by Gasteiger charge is 2.24. The third-order valence-electron chi connectivity index (χ3n) is 5.88. The van der Waals surface area contributed by atoms with E-state index in [0.717, 1.165) is 37.2 Å². The number of nitrogens with zero attached hydrogens (tertiary/aromatic N) is 6. The highest BCUT2D eigenvalue weighted by Crippen LogP contribution is 2.30. The number of hydrogen-bond acceptors (Lipinski definition) is 7. The van der Waals surface area contributed by atoms with Crippen molar-refractivity contribution in [2.45, 2.75) is 33.6 Å². The van der Waals surface area contributed by atoms with Gasteiger partial charge in [-0.3, -0.25) is 14.9 Å². The number of aromatic nitrogens is 4. The van der Waals surface area contributed by atoms with Crippen molar-refractivity contribution in [1.29, 1.82) is 0 Å². The Bertz CT molecular complexity index is 1170. The van der Waals surface area contributed by atoms with Crippen LogP contribution in [-0.4, -0.2) is 44.1 Å². The van der Waals surface area contributed by atoms with E-state index in [2.05, 4.69) is 32.7 Å². The van der Waals surface area contributed by atoms with Crippen LogP contribution in [0.25, 0.3) is 5.69 Å². The Labute approximate surface area is 185 Å². The van der Waals surface area contributed by atoms with Crippen molar-refractivity contribution >= 4 is 23.0 Å². The molecule has 0 saturated carbocycles. The van der Waals surface area contributed by atoms with E-state index in [9.17, 15) is 14.9 Å². The van der Waals surface area contributed by atoms with Gasteiger partial charge in [-0.1, -0.05) is 13.0 Å². The third-order valence-corrected chi connectivity index (χ3v) is 5.88. The highest BCUT2D eigenvalue weighted by molar-refractivity contribution is 6.08. The van der Waals surface area contributed by atoms with E-state index >= 15 is 0 Å². The number of nitro benzene ring substituents is 1. The van der Waals surface area contributed by atoms with Crippen LogP contribution in [0.15, 0.2) is 36.4 Å². The van der Waals surface area contributed by atoms with Crippen LogP contribution in [0.5, 0.6) is 0 Å². The molecular weight excluding hydrogens is 410 g/mol. The second kappa shape index (κ2) is 8.74. The number of amides is 1. The zero-order valence-electron chi connectivity index (χ0n) is 18.3. The van der Waals surface area contributed by atoms with Crippen molar-refractivity contribution in [3.05, 3.63) is 63.5 Å². The SMILES string of the molecule is Cc1ccc(NC(=O)c2cc([N+](=O)[O-])ccc2N2CCC(C)CC2)cc1-n1nnnc1C. The normalized spacial score (nSPS) is 14.4. The molecule has 10 nitrogen and oxygen atoms in total. The number of aryl methyl sites for hydroxylation is 2. The second-order valence-corrected chi connectivity index (χ2v) is 8.22. The summed E-state index contributed by atoms with van der Waals surface area (Å²) in [5.74, 6) is 0.852. The van der Waals surface area contributed by atoms with Gasteiger partial charge < -0.3 is 10.2 Å². The van der Waals surface area contributed by atoms with Gasteiger partial charge in [0.15, 0.2) is 5.82 Å². The zero-order chi connectivity index (χ0) is 22.8. The Morgan fingerprint density at radius 3 is 2.53 bits per heavy atom. The average Bonchev–Trinajstić information content (AvgIpc) is 3.20. The van der Waals surface area contributed by atoms with Crippen molar-refractivity contribution in [1.82, 2.24) is 20.2 Å². The van der Waals surface area contributed by atoms with Crippen molar-refractivity contribution in [3.8, 4) is 5.69 Å². The van der Waals surface area contributed by atoms with Crippen molar-refractivity contribution < 1.29 is 9.72 Å². The largest absolute Gasteiger partial charge is 0.371 e. The minimum Gasteiger partial charge on any atom is -0.371 e. The van der Waals surface area contributed by atoms with E-state index in [0.29, 0.717) is 23.1 Å². The number of anilines is 2. The number of benzene rings is 2. The first-order valence-electron chi connectivity index (χ1n) is 10.5. The van der Waals surface area contributed by atoms with Gasteiger partial charge in [0.25, 0.3) is 11.6 Å². The van der Waals surface area contributed by atoms with Gasteiger partial charge in [0, 0.05) is 30.9 Å². The molecule has 2 heterocycles. The lowest BCUT2D eigenvalue weighted by Gasteiger charge is -2.33. The predicted octanol–water partition coefficient (Wildman–Crippen LogP) is 3.68. The lowest BCUT2D eigenvalue weighted by Crippen LogP contribution is -2.34. The molecule has 32 heavy (non-hydrogen) atoms. The molecule has 0 spiro atoms. The molecule has 0 bridgehead atoms. The van der Waals surface area contributed by atoms with E-state index in [4.69, 9.17) is 0 Å². The maximum Gasteiger partial charge on any atom is 0.270 e. The fourth-order valence-electron chi connectivity index (χ4n) is 3.91. The molecule has 1 aromatic heterocycles. The van der Waals surface area contributed by atoms with Crippen molar-refractivity contribution in [2.75, 3.05) is 23.3 Å². The zero-order valence-corrected chi connectivity index (χ0v) is 18.3. The van der Waals surface area contributed by atoms with Gasteiger partial charge in [-0.15, -0.1) is 5.10 Å². The maximum atomic E-state index is 13.3. The van der Waals surface area contributed by atoms with Gasteiger partial charge in [0.1, 0.15) is 0 Å². The molecule has 0 radical (unpaired) electrons. The van der Waals surface area contributed by atoms with Crippen molar-refractivity contribution in [2.24, 2.45) is 5.92 Å². The molecule has 166 valence electrons. The molecular formula is C22H25N7O3. The number of nitrogens with one attached hydrogen (secondary N) is 1. The van der Waals surface area contributed by atoms with E-state index in [1.54, 1.807) is 29.8 Å². The van der Waals surface area contributed by atoms with Gasteiger partial charge in [0.2, 0.25) is 0 Å². The molecule has 10 heteroatoms. The van der Waals surface area contributed by atoms with Gasteiger partial charge in [-0.2, -0.15) is 4.68 Å². The molecule has 4 rings (SSSR count). The van der Waals surface area contributed by atoms with Crippen LogP contribution in [0.1, 0.15) is 41.5 Å². The molecule has 3 aromatic rings. The summed E-state index contributed by atoms with van der Waals surface area (Å²) >= 11 is 0. The van der Waals surface area contributed by atoms with Gasteiger partial charge in [-0.05, 0) is 66.8 Å². The summed E-state index contributed by atoms with van der Waals surface area (Å²) in [7, 11) is 0. The quantitative estimate of drug-likeness (QED) is 0.479. The van der Waals surface area contributed by atoms with Gasteiger partial charge >= 0.3 is 0 Å². The van der Waals surface area contributed by atoms with Crippen LogP contribution in [0.4, 0.5) is 17.1 Å². The number of piperidine rings is 1. The van der Waals surface area contributed by atoms with E-state index in [1.165, 1.54) is 12.1 Å². The number of nitro groups is 1. The Hall–Kier alpha value is -3.82. The minimum absolute atomic E-state index is 0.113. The molecule has 0 aliphatic carbocycles. The molecule has 1 saturated heterocycles. The fraction of sp³-hybridized carbons (Fsp3) is 0.364. The molecule has 0 atom stereocenters. The summed E-state index contributed by atoms with van der Waals surface area (Å²) in [6, 6.07) is 9.92. The van der Waals surface area contributed by atoms with Crippen LogP contribution in [-0.2, 0) is 0 Å². The van der Waals surface area contributed by atoms with Crippen LogP contribution in [0.2, 0.25) is 0 Å². The number of carbonyl (C=O) groups is 1. The first kappa shape index (κ1) is 21.4. The van der Waals surface area contributed by atoms with E-state index < -0.39 is 10.8 Å². The molecule has 1 fully saturated rings. The molecule has 1 aliphatic heterocycles. The average molecular weight is 435 g/mol. The Morgan fingerprint density at radius 2 is 1.88 bits per heavy atom. The number of rotatable bonds is 5. The van der Waals surface area contributed by atoms with Crippen LogP contribution in [0, 0.1) is 29.9 Å². The monoisotopic (exact) mass is 435 g/mol. The molecule has 1 amide bonds. The Morgan fingerprint density at radius 1 is 1.12 bits per heavy atom. The number of tetrazole rings is 1. The Kier molecular flexibility index (Phi) is 5.85. The fourth-order valence-corrected chi connectivity index (χ4v) is 3.91. The van der Waals surface area contributed by atoms with Crippen LogP contribution in [0.3, 0.4) is 0 Å². The number of hydrogen-bond donors (Lipinski definition) is 1. The topological polar surface area (TPSA) is 119 Å². The molecule has 0 unspecified atom stereocenters. The molecule has 2 aromatic carbocycles. The van der Waals surface area contributed by atoms with Crippen molar-refractivity contribution in [3.63, 3.8) is 0 Å². The first-order chi connectivity index (χ1) is 15.3. The summed E-state index contributed by atoms with van der Waals surface area (Å²) < 4.78 is 1.60. The maximum absolute atomic E-state index is 13.3. The summed E-state index contributed by atoms with van der Waals surface area (Å²) in [6.07, 6.45) is 2.04. The molecule has 1 N–H and O–H groups in total. The summed E-state index contributed by atoms with van der Waals surface area (Å²) in [5, 5.41) is 25.8. The standard InChI is InChI=1S/C22H25N7O3/c1-14-8-10-27(11-9-14)20-7-6-18(29(31)32)13-19(20)22(30)23-17-5-4-15(2)21(12-17)28-16(3)24-25-26-28/h4-7,12-14H,8-11H2,1-3H3,(H,23,30). The van der Waals surface area contributed by atoms with E-state index in [1.807, 2.05) is 13.0 Å². The highest BCUT2D eigenvalue weighted by atomic mass is 16.6. The van der Waals surface area contributed by atoms with E-state index in [-0.39, 0.29) is 11.3 Å². The number of non-ortho nitro benzene ring substituents is 1. The lowest BCUT2D eigenvalue weighted by atomic mass is 9.97. The smallest absolute Gasteiger partial charge is 0.270 e. The minimum atomic E-state index is -0.483. The number of carbonyl (C=O) groups excluding carboxylic acids is 1. The summed E-state index contributed by atoms with van der Waals surface area (Å²) in [5.41, 5.74) is 3.12. The lowest BCUT2D eigenvalue weighted by molar-refractivity contribution is -0.384.